The molecule has 1 saturated carbocycles. The fraction of sp³-hybridized carbons (Fsp3) is 0.538. The Labute approximate surface area is 216 Å². The van der Waals surface area contributed by atoms with Gasteiger partial charge in [-0.25, -0.2) is 4.79 Å². The molecule has 1 aromatic heterocycles. The molecule has 2 heterocycles. The number of carbonyl (C=O) groups excluding carboxylic acids is 3. The Balaban J connectivity index is 1.63. The molecule has 1 aliphatic heterocycles. The summed E-state index contributed by atoms with van der Waals surface area (Å²) in [6.45, 7) is 7.51. The minimum Gasteiger partial charge on any atom is -0.485 e. The summed E-state index contributed by atoms with van der Waals surface area (Å²) in [5.74, 6) is 0.161. The Morgan fingerprint density at radius 1 is 1.27 bits per heavy atom. The van der Waals surface area contributed by atoms with Crippen molar-refractivity contribution in [3.63, 3.8) is 0 Å². The van der Waals surface area contributed by atoms with Crippen LogP contribution in [-0.2, 0) is 4.79 Å². The third-order valence-corrected chi connectivity index (χ3v) is 6.96. The molecule has 2 aliphatic rings. The second-order valence-corrected chi connectivity index (χ2v) is 10.1. The van der Waals surface area contributed by atoms with Crippen molar-refractivity contribution in [1.82, 2.24) is 15.0 Å². The molecule has 4 amide bonds. The number of ether oxygens (including phenoxy) is 1. The topological polar surface area (TPSA) is 137 Å². The zero-order valence-corrected chi connectivity index (χ0v) is 21.9. The van der Waals surface area contributed by atoms with Gasteiger partial charge in [-0.2, -0.15) is 0 Å². The van der Waals surface area contributed by atoms with Crippen molar-refractivity contribution >= 4 is 29.2 Å². The number of amides is 4. The lowest BCUT2D eigenvalue weighted by Gasteiger charge is -2.38. The van der Waals surface area contributed by atoms with E-state index in [0.717, 1.165) is 12.8 Å². The molecule has 3 N–H and O–H groups in total. The summed E-state index contributed by atoms with van der Waals surface area (Å²) >= 11 is 0. The summed E-state index contributed by atoms with van der Waals surface area (Å²) in [4.78, 5) is 42.2. The van der Waals surface area contributed by atoms with Gasteiger partial charge in [0.25, 0.3) is 5.91 Å². The van der Waals surface area contributed by atoms with Crippen molar-refractivity contribution in [1.29, 1.82) is 0 Å². The molecule has 37 heavy (non-hydrogen) atoms. The minimum atomic E-state index is -0.514. The number of likely N-dealkylation sites (N-methyl/N-ethyl adjacent to an activating group) is 1. The van der Waals surface area contributed by atoms with Crippen LogP contribution in [0.25, 0.3) is 0 Å². The van der Waals surface area contributed by atoms with Crippen molar-refractivity contribution in [2.75, 3.05) is 37.4 Å². The van der Waals surface area contributed by atoms with Crippen LogP contribution in [0, 0.1) is 25.7 Å². The molecule has 0 saturated heterocycles. The van der Waals surface area contributed by atoms with Crippen LogP contribution < -0.4 is 15.4 Å². The molecular weight excluding hydrogens is 478 g/mol. The maximum absolute atomic E-state index is 13.5. The fourth-order valence-corrected chi connectivity index (χ4v) is 4.36. The van der Waals surface area contributed by atoms with Crippen LogP contribution in [0.2, 0.25) is 0 Å². The van der Waals surface area contributed by atoms with E-state index >= 15 is 0 Å². The number of para-hydroxylation sites is 1. The standard InChI is InChI=1S/C26H35N5O6/c1-14-11-31(15(2)13-32)25(34)19-7-6-8-20(27-24(33)18-9-10-18)23(19)36-21(14)12-30(5)26(35)28-22-16(3)29-37-17(22)4/h6-8,14-15,18,21,32H,9-13H2,1-5H3,(H,27,33)(H,28,35)/t14-,15-,21+/m1/s1. The van der Waals surface area contributed by atoms with Gasteiger partial charge in [-0.15, -0.1) is 0 Å². The van der Waals surface area contributed by atoms with Gasteiger partial charge >= 0.3 is 6.03 Å². The lowest BCUT2D eigenvalue weighted by atomic mass is 9.99. The molecule has 0 unspecified atom stereocenters. The van der Waals surface area contributed by atoms with E-state index in [0.29, 0.717) is 34.9 Å². The van der Waals surface area contributed by atoms with Crippen molar-refractivity contribution in [2.24, 2.45) is 11.8 Å². The zero-order valence-electron chi connectivity index (χ0n) is 21.9. The summed E-state index contributed by atoms with van der Waals surface area (Å²) in [7, 11) is 1.66. The highest BCUT2D eigenvalue weighted by atomic mass is 16.5. The monoisotopic (exact) mass is 513 g/mol. The Hall–Kier alpha value is -3.60. The van der Waals surface area contributed by atoms with Crippen molar-refractivity contribution in [3.05, 3.63) is 35.2 Å². The number of nitrogens with zero attached hydrogens (tertiary/aromatic N) is 3. The molecular formula is C26H35N5O6. The van der Waals surface area contributed by atoms with E-state index < -0.39 is 12.1 Å². The van der Waals surface area contributed by atoms with Gasteiger partial charge in [-0.3, -0.25) is 9.59 Å². The summed E-state index contributed by atoms with van der Waals surface area (Å²) in [5.41, 5.74) is 1.81. The van der Waals surface area contributed by atoms with Gasteiger partial charge in [0.1, 0.15) is 17.5 Å². The third kappa shape index (κ3) is 5.71. The van der Waals surface area contributed by atoms with Crippen LogP contribution in [-0.4, -0.2) is 76.8 Å². The van der Waals surface area contributed by atoms with E-state index in [1.54, 1.807) is 50.9 Å². The van der Waals surface area contributed by atoms with Crippen LogP contribution >= 0.6 is 0 Å². The van der Waals surface area contributed by atoms with E-state index in [1.165, 1.54) is 4.90 Å². The molecule has 3 atom stereocenters. The smallest absolute Gasteiger partial charge is 0.321 e. The van der Waals surface area contributed by atoms with Gasteiger partial charge in [0, 0.05) is 25.4 Å². The predicted octanol–water partition coefficient (Wildman–Crippen LogP) is 3.02. The number of fused-ring (bicyclic) bond motifs is 1. The molecule has 0 bridgehead atoms. The lowest BCUT2D eigenvalue weighted by Crippen LogP contribution is -2.50. The summed E-state index contributed by atoms with van der Waals surface area (Å²) < 4.78 is 11.6. The number of hydrogen-bond acceptors (Lipinski definition) is 7. The lowest BCUT2D eigenvalue weighted by molar-refractivity contribution is -0.117. The molecule has 200 valence electrons. The maximum atomic E-state index is 13.5. The predicted molar refractivity (Wildman–Crippen MR) is 137 cm³/mol. The van der Waals surface area contributed by atoms with Gasteiger partial charge in [0.2, 0.25) is 5.91 Å². The fourth-order valence-electron chi connectivity index (χ4n) is 4.36. The number of anilines is 2. The first-order valence-corrected chi connectivity index (χ1v) is 12.6. The number of urea groups is 1. The number of carbonyl (C=O) groups is 3. The molecule has 0 radical (unpaired) electrons. The first-order valence-electron chi connectivity index (χ1n) is 12.6. The second kappa shape index (κ2) is 10.8. The van der Waals surface area contributed by atoms with E-state index in [4.69, 9.17) is 9.26 Å². The van der Waals surface area contributed by atoms with E-state index in [-0.39, 0.29) is 48.6 Å². The number of aliphatic hydroxyl groups excluding tert-OH is 1. The molecule has 11 nitrogen and oxygen atoms in total. The van der Waals surface area contributed by atoms with Crippen LogP contribution in [0.1, 0.15) is 48.5 Å². The highest BCUT2D eigenvalue weighted by Crippen LogP contribution is 2.37. The number of benzene rings is 1. The van der Waals surface area contributed by atoms with Crippen LogP contribution in [0.4, 0.5) is 16.2 Å². The van der Waals surface area contributed by atoms with Gasteiger partial charge in [-0.05, 0) is 45.7 Å². The molecule has 0 spiro atoms. The van der Waals surface area contributed by atoms with Crippen LogP contribution in [0.5, 0.6) is 5.75 Å². The van der Waals surface area contributed by atoms with Gasteiger partial charge in [0.15, 0.2) is 11.5 Å². The van der Waals surface area contributed by atoms with Crippen LogP contribution in [0.15, 0.2) is 22.7 Å². The van der Waals surface area contributed by atoms with Crippen molar-refractivity contribution in [2.45, 2.75) is 52.7 Å². The highest BCUT2D eigenvalue weighted by Gasteiger charge is 2.36. The SMILES string of the molecule is Cc1noc(C)c1NC(=O)N(C)C[C@@H]1Oc2c(NC(=O)C3CC3)cccc2C(=O)N([C@H](C)CO)C[C@H]1C. The Kier molecular flexibility index (Phi) is 7.72. The number of rotatable bonds is 7. The van der Waals surface area contributed by atoms with E-state index in [2.05, 4.69) is 15.8 Å². The zero-order chi connectivity index (χ0) is 26.9. The van der Waals surface area contributed by atoms with Gasteiger partial charge in [-0.1, -0.05) is 18.1 Å². The molecule has 1 aliphatic carbocycles. The Bertz CT molecular complexity index is 1160. The van der Waals surface area contributed by atoms with Gasteiger partial charge < -0.3 is 34.8 Å². The summed E-state index contributed by atoms with van der Waals surface area (Å²) in [6, 6.07) is 4.28. The Morgan fingerprint density at radius 2 is 2.00 bits per heavy atom. The van der Waals surface area contributed by atoms with Crippen molar-refractivity contribution < 1.29 is 28.8 Å². The van der Waals surface area contributed by atoms with Gasteiger partial charge in [0.05, 0.1) is 30.4 Å². The van der Waals surface area contributed by atoms with Crippen LogP contribution in [0.3, 0.4) is 0 Å². The third-order valence-electron chi connectivity index (χ3n) is 6.96. The second-order valence-electron chi connectivity index (χ2n) is 10.1. The average molecular weight is 514 g/mol. The average Bonchev–Trinajstić information content (AvgIpc) is 3.68. The first kappa shape index (κ1) is 26.5. The quantitative estimate of drug-likeness (QED) is 0.517. The molecule has 2 aromatic rings. The summed E-state index contributed by atoms with van der Waals surface area (Å²) in [5, 5.41) is 19.5. The van der Waals surface area contributed by atoms with E-state index in [9.17, 15) is 19.5 Å². The number of aliphatic hydroxyl groups is 1. The Morgan fingerprint density at radius 3 is 2.62 bits per heavy atom. The van der Waals surface area contributed by atoms with Crippen molar-refractivity contribution in [3.8, 4) is 5.75 Å². The highest BCUT2D eigenvalue weighted by molar-refractivity contribution is 6.02. The first-order chi connectivity index (χ1) is 17.6. The summed E-state index contributed by atoms with van der Waals surface area (Å²) in [6.07, 6.45) is 1.17. The molecule has 1 aromatic carbocycles. The number of aromatic nitrogens is 1. The van der Waals surface area contributed by atoms with E-state index in [1.807, 2.05) is 6.92 Å². The normalized spacial score (nSPS) is 20.3. The molecule has 11 heteroatoms. The molecule has 4 rings (SSSR count). The number of aryl methyl sites for hydroxylation is 2. The molecule has 1 fully saturated rings. The largest absolute Gasteiger partial charge is 0.485 e. The number of nitrogens with one attached hydrogen (secondary N) is 2. The number of hydrogen-bond donors (Lipinski definition) is 3. The minimum absolute atomic E-state index is 0.0279. The maximum Gasteiger partial charge on any atom is 0.321 e.